The molecule has 0 bridgehead atoms. The van der Waals surface area contributed by atoms with Crippen molar-refractivity contribution in [2.45, 2.75) is 40.0 Å². The highest BCUT2D eigenvalue weighted by atomic mass is 16.1. The van der Waals surface area contributed by atoms with Crippen LogP contribution in [0, 0.1) is 11.3 Å². The molecule has 0 aromatic heterocycles. The Morgan fingerprint density at radius 3 is 2.25 bits per heavy atom. The van der Waals surface area contributed by atoms with E-state index >= 15 is 0 Å². The van der Waals surface area contributed by atoms with Gasteiger partial charge in [0.05, 0.1) is 6.42 Å². The standard InChI is InChI=1S/C10H16O2/c1-10(2,3)8-5-4-7(11)6-9(8)12/h8H,4-6H2,1-3H3/t8-/m0/s1. The topological polar surface area (TPSA) is 34.1 Å². The van der Waals surface area contributed by atoms with E-state index in [2.05, 4.69) is 20.8 Å². The summed E-state index contributed by atoms with van der Waals surface area (Å²) in [5.41, 5.74) is 0.0256. The first kappa shape index (κ1) is 9.43. The molecule has 0 saturated heterocycles. The molecule has 1 saturated carbocycles. The second kappa shape index (κ2) is 3.00. The number of ketones is 2. The molecule has 1 rings (SSSR count). The van der Waals surface area contributed by atoms with Crippen molar-refractivity contribution in [2.24, 2.45) is 11.3 Å². The Morgan fingerprint density at radius 2 is 1.83 bits per heavy atom. The number of carbonyl (C=O) groups is 2. The first-order valence-corrected chi connectivity index (χ1v) is 4.45. The summed E-state index contributed by atoms with van der Waals surface area (Å²) in [6.45, 7) is 6.18. The van der Waals surface area contributed by atoms with Crippen molar-refractivity contribution in [3.05, 3.63) is 0 Å². The van der Waals surface area contributed by atoms with Gasteiger partial charge in [0.25, 0.3) is 0 Å². The van der Waals surface area contributed by atoms with Crippen LogP contribution in [-0.4, -0.2) is 11.6 Å². The molecule has 0 aliphatic heterocycles. The van der Waals surface area contributed by atoms with Gasteiger partial charge in [0.2, 0.25) is 0 Å². The minimum absolute atomic E-state index is 0.0256. The average Bonchev–Trinajstić information content (AvgIpc) is 1.83. The first-order valence-electron chi connectivity index (χ1n) is 4.45. The van der Waals surface area contributed by atoms with Gasteiger partial charge < -0.3 is 0 Å². The van der Waals surface area contributed by atoms with Crippen molar-refractivity contribution in [3.63, 3.8) is 0 Å². The number of hydrogen-bond donors (Lipinski definition) is 0. The Hall–Kier alpha value is -0.660. The molecule has 0 aromatic carbocycles. The lowest BCUT2D eigenvalue weighted by Gasteiger charge is -2.31. The zero-order valence-electron chi connectivity index (χ0n) is 8.02. The Balaban J connectivity index is 2.69. The van der Waals surface area contributed by atoms with Gasteiger partial charge in [0.1, 0.15) is 11.6 Å². The molecule has 0 spiro atoms. The number of Topliss-reactive ketones (excluding diaryl/α,β-unsaturated/α-hetero) is 2. The zero-order chi connectivity index (χ0) is 9.35. The van der Waals surface area contributed by atoms with Gasteiger partial charge in [-0.05, 0) is 11.8 Å². The molecule has 0 radical (unpaired) electrons. The lowest BCUT2D eigenvalue weighted by atomic mass is 9.71. The summed E-state index contributed by atoms with van der Waals surface area (Å²) in [4.78, 5) is 22.4. The first-order chi connectivity index (χ1) is 5.41. The van der Waals surface area contributed by atoms with Crippen molar-refractivity contribution in [2.75, 3.05) is 0 Å². The van der Waals surface area contributed by atoms with Crippen LogP contribution in [0.3, 0.4) is 0 Å². The van der Waals surface area contributed by atoms with Crippen LogP contribution in [0.2, 0.25) is 0 Å². The summed E-state index contributed by atoms with van der Waals surface area (Å²) >= 11 is 0. The van der Waals surface area contributed by atoms with Crippen LogP contribution in [0.25, 0.3) is 0 Å². The molecule has 1 fully saturated rings. The Kier molecular flexibility index (Phi) is 2.36. The van der Waals surface area contributed by atoms with Gasteiger partial charge in [0, 0.05) is 12.3 Å². The molecule has 0 heterocycles. The molecule has 0 amide bonds. The number of rotatable bonds is 0. The molecule has 2 heteroatoms. The molecular weight excluding hydrogens is 152 g/mol. The van der Waals surface area contributed by atoms with Crippen molar-refractivity contribution in [3.8, 4) is 0 Å². The highest BCUT2D eigenvalue weighted by molar-refractivity contribution is 6.02. The van der Waals surface area contributed by atoms with E-state index in [4.69, 9.17) is 0 Å². The zero-order valence-corrected chi connectivity index (χ0v) is 8.02. The predicted molar refractivity (Wildman–Crippen MR) is 46.8 cm³/mol. The van der Waals surface area contributed by atoms with E-state index in [1.54, 1.807) is 0 Å². The fraction of sp³-hybridized carbons (Fsp3) is 0.800. The fourth-order valence-corrected chi connectivity index (χ4v) is 1.79. The van der Waals surface area contributed by atoms with Crippen molar-refractivity contribution >= 4 is 11.6 Å². The molecule has 2 nitrogen and oxygen atoms in total. The lowest BCUT2D eigenvalue weighted by Crippen LogP contribution is -2.34. The highest BCUT2D eigenvalue weighted by Gasteiger charge is 2.35. The SMILES string of the molecule is CC(C)(C)[C@H]1CCC(=O)CC1=O. The van der Waals surface area contributed by atoms with Crippen LogP contribution in [0.15, 0.2) is 0 Å². The lowest BCUT2D eigenvalue weighted by molar-refractivity contribution is -0.135. The molecule has 1 atom stereocenters. The van der Waals surface area contributed by atoms with Crippen LogP contribution in [-0.2, 0) is 9.59 Å². The quantitative estimate of drug-likeness (QED) is 0.518. The molecule has 0 N–H and O–H groups in total. The largest absolute Gasteiger partial charge is 0.299 e. The van der Waals surface area contributed by atoms with Gasteiger partial charge in [-0.2, -0.15) is 0 Å². The van der Waals surface area contributed by atoms with Crippen molar-refractivity contribution in [1.82, 2.24) is 0 Å². The van der Waals surface area contributed by atoms with E-state index < -0.39 is 0 Å². The highest BCUT2D eigenvalue weighted by Crippen LogP contribution is 2.34. The fourth-order valence-electron chi connectivity index (χ4n) is 1.79. The molecular formula is C10H16O2. The van der Waals surface area contributed by atoms with E-state index in [0.717, 1.165) is 6.42 Å². The van der Waals surface area contributed by atoms with Crippen LogP contribution >= 0.6 is 0 Å². The third-order valence-electron chi connectivity index (χ3n) is 2.52. The van der Waals surface area contributed by atoms with Gasteiger partial charge in [-0.3, -0.25) is 9.59 Å². The summed E-state index contributed by atoms with van der Waals surface area (Å²) in [6, 6.07) is 0. The van der Waals surface area contributed by atoms with Gasteiger partial charge in [-0.15, -0.1) is 0 Å². The Labute approximate surface area is 73.3 Å². The van der Waals surface area contributed by atoms with Crippen LogP contribution in [0.4, 0.5) is 0 Å². The molecule has 12 heavy (non-hydrogen) atoms. The number of carbonyl (C=O) groups excluding carboxylic acids is 2. The van der Waals surface area contributed by atoms with Gasteiger partial charge in [-0.1, -0.05) is 20.8 Å². The summed E-state index contributed by atoms with van der Waals surface area (Å²) in [5.74, 6) is 0.342. The van der Waals surface area contributed by atoms with Crippen molar-refractivity contribution in [1.29, 1.82) is 0 Å². The summed E-state index contributed by atoms with van der Waals surface area (Å²) in [7, 11) is 0. The average molecular weight is 168 g/mol. The van der Waals surface area contributed by atoms with E-state index in [-0.39, 0.29) is 29.3 Å². The molecule has 1 aliphatic rings. The van der Waals surface area contributed by atoms with E-state index in [0.29, 0.717) is 6.42 Å². The predicted octanol–water partition coefficient (Wildman–Crippen LogP) is 1.97. The summed E-state index contributed by atoms with van der Waals surface area (Å²) in [6.07, 6.45) is 1.51. The molecule has 68 valence electrons. The van der Waals surface area contributed by atoms with E-state index in [1.807, 2.05) is 0 Å². The maximum absolute atomic E-state index is 11.4. The van der Waals surface area contributed by atoms with Gasteiger partial charge in [0.15, 0.2) is 0 Å². The molecule has 0 aromatic rings. The monoisotopic (exact) mass is 168 g/mol. The Morgan fingerprint density at radius 1 is 1.25 bits per heavy atom. The third kappa shape index (κ3) is 1.93. The van der Waals surface area contributed by atoms with E-state index in [1.165, 1.54) is 0 Å². The Bertz CT molecular complexity index is 210. The summed E-state index contributed by atoms with van der Waals surface area (Å²) in [5, 5.41) is 0. The van der Waals surface area contributed by atoms with Gasteiger partial charge >= 0.3 is 0 Å². The minimum Gasteiger partial charge on any atom is -0.299 e. The molecule has 0 unspecified atom stereocenters. The maximum atomic E-state index is 11.4. The van der Waals surface area contributed by atoms with Gasteiger partial charge in [-0.25, -0.2) is 0 Å². The van der Waals surface area contributed by atoms with E-state index in [9.17, 15) is 9.59 Å². The minimum atomic E-state index is 0.0256. The van der Waals surface area contributed by atoms with Crippen LogP contribution in [0.5, 0.6) is 0 Å². The molecule has 1 aliphatic carbocycles. The summed E-state index contributed by atoms with van der Waals surface area (Å²) < 4.78 is 0. The second-order valence-electron chi connectivity index (χ2n) is 4.64. The smallest absolute Gasteiger partial charge is 0.143 e. The number of hydrogen-bond acceptors (Lipinski definition) is 2. The van der Waals surface area contributed by atoms with Crippen LogP contribution in [0.1, 0.15) is 40.0 Å². The van der Waals surface area contributed by atoms with Crippen molar-refractivity contribution < 1.29 is 9.59 Å². The maximum Gasteiger partial charge on any atom is 0.143 e. The normalized spacial score (nSPS) is 26.1. The third-order valence-corrected chi connectivity index (χ3v) is 2.52. The second-order valence-corrected chi connectivity index (χ2v) is 4.64. The van der Waals surface area contributed by atoms with Crippen LogP contribution < -0.4 is 0 Å².